The number of carbonyl (C=O) groups excluding carboxylic acids is 3. The Kier molecular flexibility index (Phi) is 11.0. The van der Waals surface area contributed by atoms with E-state index in [-0.39, 0.29) is 30.0 Å². The van der Waals surface area contributed by atoms with E-state index in [1.54, 1.807) is 49.9 Å². The number of benzene rings is 2. The van der Waals surface area contributed by atoms with Crippen molar-refractivity contribution in [3.8, 4) is 5.75 Å². The van der Waals surface area contributed by atoms with Gasteiger partial charge in [0.1, 0.15) is 23.4 Å². The molecule has 1 aliphatic rings. The van der Waals surface area contributed by atoms with Gasteiger partial charge in [-0.3, -0.25) is 9.59 Å². The van der Waals surface area contributed by atoms with Crippen molar-refractivity contribution in [2.75, 3.05) is 6.54 Å². The second-order valence-electron chi connectivity index (χ2n) is 11.8. The largest absolute Gasteiger partial charge is 0.508 e. The number of nitrogens with one attached hydrogen (secondary N) is 2. The number of carbonyl (C=O) groups is 3. The molecule has 2 aromatic rings. The Morgan fingerprint density at radius 1 is 1.05 bits per heavy atom. The maximum atomic E-state index is 14.3. The molecule has 1 aliphatic carbocycles. The highest BCUT2D eigenvalue weighted by Gasteiger charge is 2.37. The molecule has 0 heterocycles. The van der Waals surface area contributed by atoms with E-state index in [4.69, 9.17) is 4.74 Å². The Bertz CT molecular complexity index is 1140. The molecule has 3 N–H and O–H groups in total. The molecule has 8 nitrogen and oxygen atoms in total. The van der Waals surface area contributed by atoms with Crippen molar-refractivity contribution in [1.82, 2.24) is 15.5 Å². The van der Waals surface area contributed by atoms with Crippen LogP contribution in [0.2, 0.25) is 0 Å². The molecule has 2 atom stereocenters. The molecule has 0 radical (unpaired) electrons. The average molecular weight is 552 g/mol. The molecule has 0 aromatic heterocycles. The molecule has 1 fully saturated rings. The normalized spacial score (nSPS) is 15.5. The van der Waals surface area contributed by atoms with Crippen molar-refractivity contribution >= 4 is 17.9 Å². The second-order valence-corrected chi connectivity index (χ2v) is 11.8. The molecule has 40 heavy (non-hydrogen) atoms. The van der Waals surface area contributed by atoms with Crippen molar-refractivity contribution in [2.45, 2.75) is 103 Å². The highest BCUT2D eigenvalue weighted by Crippen LogP contribution is 2.26. The molecule has 0 aliphatic heterocycles. The number of alkyl carbamates (subject to hydrolysis) is 1. The first-order valence-corrected chi connectivity index (χ1v) is 14.4. The van der Waals surface area contributed by atoms with E-state index in [9.17, 15) is 19.5 Å². The Labute approximate surface area is 238 Å². The number of nitrogens with zero attached hydrogens (tertiary/aromatic N) is 1. The maximum Gasteiger partial charge on any atom is 0.408 e. The topological polar surface area (TPSA) is 108 Å². The van der Waals surface area contributed by atoms with Crippen LogP contribution in [-0.4, -0.2) is 52.1 Å². The number of hydrogen-bond acceptors (Lipinski definition) is 5. The lowest BCUT2D eigenvalue weighted by atomic mass is 9.94. The van der Waals surface area contributed by atoms with Crippen molar-refractivity contribution in [2.24, 2.45) is 0 Å². The van der Waals surface area contributed by atoms with E-state index in [2.05, 4.69) is 10.6 Å². The van der Waals surface area contributed by atoms with Crippen molar-refractivity contribution in [1.29, 1.82) is 0 Å². The van der Waals surface area contributed by atoms with Gasteiger partial charge >= 0.3 is 6.09 Å². The lowest BCUT2D eigenvalue weighted by Gasteiger charge is -2.35. The van der Waals surface area contributed by atoms with Gasteiger partial charge in [0.25, 0.3) is 0 Å². The smallest absolute Gasteiger partial charge is 0.408 e. The summed E-state index contributed by atoms with van der Waals surface area (Å²) in [6.45, 7) is 9.53. The van der Waals surface area contributed by atoms with E-state index in [1.165, 1.54) is 6.42 Å². The number of phenols is 1. The van der Waals surface area contributed by atoms with E-state index in [0.29, 0.717) is 13.0 Å². The van der Waals surface area contributed by atoms with Crippen molar-refractivity contribution < 1.29 is 24.2 Å². The predicted molar refractivity (Wildman–Crippen MR) is 156 cm³/mol. The summed E-state index contributed by atoms with van der Waals surface area (Å²) in [5, 5.41) is 15.7. The standard InChI is InChI=1S/C32H45N3O5/c1-6-19-35(28(24-12-10-11-22(2)20-24)29(37)33-25-13-8-7-9-14-25)30(38)27(34-31(39)40-32(3,4)5)21-23-15-17-26(36)18-16-23/h10-12,15-18,20,25,27-28,36H,6-9,13-14,19,21H2,1-5H3,(H,33,37)(H,34,39). The number of aryl methyl sites for hydroxylation is 1. The Morgan fingerprint density at radius 2 is 1.73 bits per heavy atom. The quantitative estimate of drug-likeness (QED) is 0.358. The maximum absolute atomic E-state index is 14.3. The minimum atomic E-state index is -0.985. The molecule has 0 bridgehead atoms. The third kappa shape index (κ3) is 9.28. The van der Waals surface area contributed by atoms with Crippen molar-refractivity contribution in [3.05, 3.63) is 65.2 Å². The van der Waals surface area contributed by atoms with Crippen LogP contribution in [-0.2, 0) is 20.7 Å². The van der Waals surface area contributed by atoms with Gasteiger partial charge < -0.3 is 25.4 Å². The molecule has 2 unspecified atom stereocenters. The van der Waals surface area contributed by atoms with Crippen LogP contribution < -0.4 is 10.6 Å². The van der Waals surface area contributed by atoms with Gasteiger partial charge in [0.05, 0.1) is 0 Å². The number of amides is 3. The van der Waals surface area contributed by atoms with Gasteiger partial charge in [0.2, 0.25) is 11.8 Å². The molecular weight excluding hydrogens is 506 g/mol. The molecule has 1 saturated carbocycles. The Balaban J connectivity index is 1.98. The van der Waals surface area contributed by atoms with Crippen molar-refractivity contribution in [3.63, 3.8) is 0 Å². The summed E-state index contributed by atoms with van der Waals surface area (Å²) in [6.07, 6.45) is 5.27. The minimum Gasteiger partial charge on any atom is -0.508 e. The van der Waals surface area contributed by atoms with E-state index in [0.717, 1.165) is 42.4 Å². The van der Waals surface area contributed by atoms with Gasteiger partial charge in [-0.05, 0) is 70.2 Å². The number of phenolic OH excluding ortho intramolecular Hbond substituents is 1. The van der Waals surface area contributed by atoms with Gasteiger partial charge in [-0.2, -0.15) is 0 Å². The van der Waals surface area contributed by atoms with Crippen LogP contribution >= 0.6 is 0 Å². The minimum absolute atomic E-state index is 0.0832. The highest BCUT2D eigenvalue weighted by atomic mass is 16.6. The molecule has 0 saturated heterocycles. The molecule has 3 amide bonds. The highest BCUT2D eigenvalue weighted by molar-refractivity contribution is 5.92. The monoisotopic (exact) mass is 551 g/mol. The lowest BCUT2D eigenvalue weighted by Crippen LogP contribution is -2.54. The first-order valence-electron chi connectivity index (χ1n) is 14.4. The predicted octanol–water partition coefficient (Wildman–Crippen LogP) is 5.57. The van der Waals surface area contributed by atoms with E-state index >= 15 is 0 Å². The number of rotatable bonds is 10. The van der Waals surface area contributed by atoms with E-state index < -0.39 is 23.8 Å². The molecular formula is C32H45N3O5. The first-order chi connectivity index (χ1) is 19.0. The summed E-state index contributed by atoms with van der Waals surface area (Å²) in [7, 11) is 0. The Morgan fingerprint density at radius 3 is 2.33 bits per heavy atom. The third-order valence-corrected chi connectivity index (χ3v) is 6.98. The summed E-state index contributed by atoms with van der Waals surface area (Å²) >= 11 is 0. The number of aromatic hydroxyl groups is 1. The summed E-state index contributed by atoms with van der Waals surface area (Å²) in [6, 6.07) is 12.4. The van der Waals surface area contributed by atoms with Gasteiger partial charge in [-0.1, -0.05) is 68.1 Å². The summed E-state index contributed by atoms with van der Waals surface area (Å²) in [5.41, 5.74) is 1.73. The zero-order valence-electron chi connectivity index (χ0n) is 24.5. The molecule has 218 valence electrons. The van der Waals surface area contributed by atoms with Crippen LogP contribution in [0.1, 0.15) is 89.0 Å². The van der Waals surface area contributed by atoms with Gasteiger partial charge in [-0.15, -0.1) is 0 Å². The van der Waals surface area contributed by atoms with Crippen LogP contribution in [0.3, 0.4) is 0 Å². The molecule has 0 spiro atoms. The number of ether oxygens (including phenoxy) is 1. The van der Waals surface area contributed by atoms with Crippen LogP contribution in [0.25, 0.3) is 0 Å². The molecule has 8 heteroatoms. The number of hydrogen-bond donors (Lipinski definition) is 3. The lowest BCUT2D eigenvalue weighted by molar-refractivity contribution is -0.142. The van der Waals surface area contributed by atoms with Crippen LogP contribution in [0.4, 0.5) is 4.79 Å². The second kappa shape index (κ2) is 14.2. The van der Waals surface area contributed by atoms with Crippen LogP contribution in [0.15, 0.2) is 48.5 Å². The molecule has 3 rings (SSSR count). The zero-order chi connectivity index (χ0) is 29.3. The van der Waals surface area contributed by atoms with Gasteiger partial charge in [0, 0.05) is 19.0 Å². The average Bonchev–Trinajstić information content (AvgIpc) is 2.88. The molecule has 2 aromatic carbocycles. The fraction of sp³-hybridized carbons (Fsp3) is 0.531. The summed E-state index contributed by atoms with van der Waals surface area (Å²) < 4.78 is 5.48. The van der Waals surface area contributed by atoms with Crippen LogP contribution in [0, 0.1) is 6.92 Å². The Hall–Kier alpha value is -3.55. The van der Waals surface area contributed by atoms with E-state index in [1.807, 2.05) is 38.1 Å². The summed E-state index contributed by atoms with van der Waals surface area (Å²) in [4.78, 5) is 42.7. The SMILES string of the molecule is CCCN(C(=O)C(Cc1ccc(O)cc1)NC(=O)OC(C)(C)C)C(C(=O)NC1CCCCC1)c1cccc(C)c1. The zero-order valence-corrected chi connectivity index (χ0v) is 24.5. The van der Waals surface area contributed by atoms with Crippen LogP contribution in [0.5, 0.6) is 5.75 Å². The fourth-order valence-electron chi connectivity index (χ4n) is 5.17. The van der Waals surface area contributed by atoms with Gasteiger partial charge in [0.15, 0.2) is 0 Å². The third-order valence-electron chi connectivity index (χ3n) is 6.98. The first kappa shape index (κ1) is 31.0. The summed E-state index contributed by atoms with van der Waals surface area (Å²) in [5.74, 6) is -0.468. The fourth-order valence-corrected chi connectivity index (χ4v) is 5.17. The van der Waals surface area contributed by atoms with Gasteiger partial charge in [-0.25, -0.2) is 4.79 Å².